The molecule has 0 aromatic carbocycles. The highest BCUT2D eigenvalue weighted by Gasteiger charge is 2.11. The van der Waals surface area contributed by atoms with Crippen molar-refractivity contribution in [1.29, 1.82) is 0 Å². The zero-order valence-electron chi connectivity index (χ0n) is 11.6. The van der Waals surface area contributed by atoms with E-state index in [4.69, 9.17) is 4.42 Å². The van der Waals surface area contributed by atoms with Crippen LogP contribution in [-0.4, -0.2) is 22.3 Å². The number of nitrogens with zero attached hydrogens (tertiary/aromatic N) is 2. The molecule has 0 bridgehead atoms. The van der Waals surface area contributed by atoms with Crippen molar-refractivity contribution in [2.24, 2.45) is 0 Å². The molecule has 104 valence electrons. The molecule has 0 atom stereocenters. The molecule has 6 heteroatoms. The van der Waals surface area contributed by atoms with Gasteiger partial charge in [0, 0.05) is 17.0 Å². The number of aromatic nitrogens is 2. The van der Waals surface area contributed by atoms with Crippen LogP contribution in [0.5, 0.6) is 0 Å². The van der Waals surface area contributed by atoms with Crippen molar-refractivity contribution < 1.29 is 4.42 Å². The van der Waals surface area contributed by atoms with Gasteiger partial charge in [-0.2, -0.15) is 0 Å². The van der Waals surface area contributed by atoms with E-state index in [0.717, 1.165) is 13.0 Å². The number of anilines is 1. The van der Waals surface area contributed by atoms with E-state index >= 15 is 0 Å². The Labute approximate surface area is 117 Å². The summed E-state index contributed by atoms with van der Waals surface area (Å²) in [6.07, 6.45) is 0.968. The lowest BCUT2D eigenvalue weighted by molar-refractivity contribution is 0.384. The van der Waals surface area contributed by atoms with Gasteiger partial charge >= 0.3 is 6.01 Å². The summed E-state index contributed by atoms with van der Waals surface area (Å²) in [7, 11) is 0. The third kappa shape index (κ3) is 5.00. The summed E-state index contributed by atoms with van der Waals surface area (Å²) in [4.78, 5) is 1.35. The average Bonchev–Trinajstić information content (AvgIpc) is 2.97. The lowest BCUT2D eigenvalue weighted by Crippen LogP contribution is -2.35. The van der Waals surface area contributed by atoms with Gasteiger partial charge in [0.05, 0.1) is 6.54 Å². The Bertz CT molecular complexity index is 487. The van der Waals surface area contributed by atoms with Crippen LogP contribution >= 0.6 is 11.3 Å². The van der Waals surface area contributed by atoms with Gasteiger partial charge in [0.2, 0.25) is 5.89 Å². The molecule has 0 aliphatic rings. The molecule has 0 saturated carbocycles. The van der Waals surface area contributed by atoms with Crippen LogP contribution in [0.2, 0.25) is 0 Å². The van der Waals surface area contributed by atoms with Gasteiger partial charge in [-0.1, -0.05) is 11.2 Å². The van der Waals surface area contributed by atoms with Crippen molar-refractivity contribution in [3.63, 3.8) is 0 Å². The zero-order valence-corrected chi connectivity index (χ0v) is 12.4. The van der Waals surface area contributed by atoms with Gasteiger partial charge < -0.3 is 15.1 Å². The van der Waals surface area contributed by atoms with Gasteiger partial charge in [0.1, 0.15) is 0 Å². The van der Waals surface area contributed by atoms with Crippen LogP contribution in [0, 0.1) is 0 Å². The quantitative estimate of drug-likeness (QED) is 0.851. The fraction of sp³-hybridized carbons (Fsp3) is 0.538. The standard InChI is InChI=1S/C13H20N4OS/c1-13(2,3)15-9-11-16-17-12(18-11)14-7-6-10-5-4-8-19-10/h4-5,8,15H,6-7,9H2,1-3H3,(H,14,17). The third-order valence-corrected chi connectivity index (χ3v) is 3.40. The number of thiophene rings is 1. The van der Waals surface area contributed by atoms with E-state index in [1.807, 2.05) is 0 Å². The first kappa shape index (κ1) is 14.0. The number of hydrogen-bond acceptors (Lipinski definition) is 6. The monoisotopic (exact) mass is 280 g/mol. The molecule has 2 rings (SSSR count). The SMILES string of the molecule is CC(C)(C)NCc1nnc(NCCc2cccs2)o1. The Morgan fingerprint density at radius 1 is 1.32 bits per heavy atom. The molecule has 2 N–H and O–H groups in total. The Hall–Kier alpha value is -1.40. The largest absolute Gasteiger partial charge is 0.407 e. The first-order valence-corrected chi connectivity index (χ1v) is 7.24. The van der Waals surface area contributed by atoms with Crippen LogP contribution in [0.15, 0.2) is 21.9 Å². The lowest BCUT2D eigenvalue weighted by atomic mass is 10.1. The van der Waals surface area contributed by atoms with Crippen molar-refractivity contribution in [1.82, 2.24) is 15.5 Å². The van der Waals surface area contributed by atoms with Gasteiger partial charge in [-0.05, 0) is 38.6 Å². The maximum Gasteiger partial charge on any atom is 0.315 e. The summed E-state index contributed by atoms with van der Waals surface area (Å²) in [6.45, 7) is 7.69. The van der Waals surface area contributed by atoms with Crippen LogP contribution in [-0.2, 0) is 13.0 Å². The summed E-state index contributed by atoms with van der Waals surface area (Å²) in [5.74, 6) is 0.605. The summed E-state index contributed by atoms with van der Waals surface area (Å²) < 4.78 is 5.51. The molecule has 5 nitrogen and oxygen atoms in total. The molecule has 0 amide bonds. The minimum atomic E-state index is 0.0429. The van der Waals surface area contributed by atoms with Gasteiger partial charge in [-0.3, -0.25) is 0 Å². The smallest absolute Gasteiger partial charge is 0.315 e. The predicted octanol–water partition coefficient (Wildman–Crippen LogP) is 2.67. The maximum absolute atomic E-state index is 5.51. The second-order valence-corrected chi connectivity index (χ2v) is 6.39. The van der Waals surface area contributed by atoms with E-state index in [1.165, 1.54) is 4.88 Å². The number of rotatable bonds is 6. The summed E-state index contributed by atoms with van der Waals surface area (Å²) in [5.41, 5.74) is 0.0429. The second-order valence-electron chi connectivity index (χ2n) is 5.36. The molecule has 0 aliphatic heterocycles. The summed E-state index contributed by atoms with van der Waals surface area (Å²) >= 11 is 1.76. The van der Waals surface area contributed by atoms with Crippen molar-refractivity contribution in [3.8, 4) is 0 Å². The van der Waals surface area contributed by atoms with Crippen molar-refractivity contribution in [2.75, 3.05) is 11.9 Å². The van der Waals surface area contributed by atoms with Gasteiger partial charge in [-0.15, -0.1) is 16.4 Å². The van der Waals surface area contributed by atoms with Gasteiger partial charge in [-0.25, -0.2) is 0 Å². The van der Waals surface area contributed by atoms with Crippen LogP contribution in [0.4, 0.5) is 6.01 Å². The molecule has 0 saturated heterocycles. The van der Waals surface area contributed by atoms with E-state index in [2.05, 4.69) is 59.1 Å². The molecule has 0 aliphatic carbocycles. The lowest BCUT2D eigenvalue weighted by Gasteiger charge is -2.18. The summed E-state index contributed by atoms with van der Waals surface area (Å²) in [5, 5.41) is 16.5. The molecule has 19 heavy (non-hydrogen) atoms. The normalized spacial score (nSPS) is 11.7. The van der Waals surface area contributed by atoms with Crippen LogP contribution in [0.3, 0.4) is 0 Å². The Morgan fingerprint density at radius 3 is 2.84 bits per heavy atom. The minimum absolute atomic E-state index is 0.0429. The molecule has 2 aromatic heterocycles. The van der Waals surface area contributed by atoms with Crippen molar-refractivity contribution >= 4 is 17.4 Å². The second kappa shape index (κ2) is 6.16. The first-order valence-electron chi connectivity index (χ1n) is 6.36. The van der Waals surface area contributed by atoms with Crippen LogP contribution in [0.25, 0.3) is 0 Å². The highest BCUT2D eigenvalue weighted by Crippen LogP contribution is 2.11. The van der Waals surface area contributed by atoms with E-state index in [1.54, 1.807) is 11.3 Å². The highest BCUT2D eigenvalue weighted by molar-refractivity contribution is 7.09. The molecule has 0 radical (unpaired) electrons. The van der Waals surface area contributed by atoms with Crippen LogP contribution in [0.1, 0.15) is 31.5 Å². The molecule has 2 aromatic rings. The zero-order chi connectivity index (χ0) is 13.7. The summed E-state index contributed by atoms with van der Waals surface area (Å²) in [6, 6.07) is 4.67. The Kier molecular flexibility index (Phi) is 4.55. The first-order chi connectivity index (χ1) is 9.03. The Balaban J connectivity index is 1.74. The van der Waals surface area contributed by atoms with Crippen molar-refractivity contribution in [2.45, 2.75) is 39.3 Å². The molecule has 2 heterocycles. The van der Waals surface area contributed by atoms with Gasteiger partial charge in [0.15, 0.2) is 0 Å². The highest BCUT2D eigenvalue weighted by atomic mass is 32.1. The molecule has 0 unspecified atom stereocenters. The molecule has 0 fully saturated rings. The maximum atomic E-state index is 5.51. The fourth-order valence-electron chi connectivity index (χ4n) is 1.48. The predicted molar refractivity (Wildman–Crippen MR) is 77.4 cm³/mol. The number of nitrogens with one attached hydrogen (secondary N) is 2. The van der Waals surface area contributed by atoms with E-state index in [-0.39, 0.29) is 5.54 Å². The molecular formula is C13H20N4OS. The van der Waals surface area contributed by atoms with Crippen molar-refractivity contribution in [3.05, 3.63) is 28.3 Å². The number of hydrogen-bond donors (Lipinski definition) is 2. The molecule has 0 spiro atoms. The fourth-order valence-corrected chi connectivity index (χ4v) is 2.19. The average molecular weight is 280 g/mol. The third-order valence-electron chi connectivity index (χ3n) is 2.46. The van der Waals surface area contributed by atoms with Gasteiger partial charge in [0.25, 0.3) is 0 Å². The molecular weight excluding hydrogens is 260 g/mol. The topological polar surface area (TPSA) is 63.0 Å². The van der Waals surface area contributed by atoms with E-state index < -0.39 is 0 Å². The minimum Gasteiger partial charge on any atom is -0.407 e. The van der Waals surface area contributed by atoms with E-state index in [0.29, 0.717) is 18.5 Å². The van der Waals surface area contributed by atoms with Crippen LogP contribution < -0.4 is 10.6 Å². The Morgan fingerprint density at radius 2 is 2.16 bits per heavy atom. The van der Waals surface area contributed by atoms with E-state index in [9.17, 15) is 0 Å².